The Hall–Kier alpha value is -2.77. The number of benzene rings is 2. The number of methoxy groups -OCH3 is 1. The van der Waals surface area contributed by atoms with Gasteiger partial charge in [0.25, 0.3) is 0 Å². The molecule has 2 aromatic heterocycles. The maximum absolute atomic E-state index is 12.2. The van der Waals surface area contributed by atoms with Gasteiger partial charge in [0.15, 0.2) is 22.2 Å². The first kappa shape index (κ1) is 19.5. The van der Waals surface area contributed by atoms with Crippen LogP contribution in [0.3, 0.4) is 0 Å². The van der Waals surface area contributed by atoms with Gasteiger partial charge in [-0.15, -0.1) is 23.1 Å². The molecule has 1 N–H and O–H groups in total. The third-order valence-electron chi connectivity index (χ3n) is 4.35. The number of thioether (sulfide) groups is 1. The van der Waals surface area contributed by atoms with Crippen molar-refractivity contribution in [1.82, 2.24) is 4.98 Å². The molecule has 29 heavy (non-hydrogen) atoms. The number of carbonyl (C=O) groups is 1. The van der Waals surface area contributed by atoms with Gasteiger partial charge in [-0.1, -0.05) is 29.8 Å². The minimum Gasteiger partial charge on any atom is -0.493 e. The Morgan fingerprint density at radius 2 is 2.07 bits per heavy atom. The summed E-state index contributed by atoms with van der Waals surface area (Å²) in [7, 11) is 1.62. The number of carbonyl (C=O) groups excluding carboxylic acids is 1. The summed E-state index contributed by atoms with van der Waals surface area (Å²) < 4.78 is 11.3. The van der Waals surface area contributed by atoms with Crippen LogP contribution in [0.4, 0.5) is 5.13 Å². The van der Waals surface area contributed by atoms with Gasteiger partial charge in [0.1, 0.15) is 5.69 Å². The van der Waals surface area contributed by atoms with Crippen molar-refractivity contribution >= 4 is 45.1 Å². The molecule has 5 nitrogen and oxygen atoms in total. The monoisotopic (exact) mass is 424 g/mol. The van der Waals surface area contributed by atoms with E-state index in [9.17, 15) is 4.79 Å². The topological polar surface area (TPSA) is 64.4 Å². The number of furan rings is 1. The van der Waals surface area contributed by atoms with Crippen molar-refractivity contribution in [2.24, 2.45) is 0 Å². The van der Waals surface area contributed by atoms with Crippen LogP contribution < -0.4 is 10.1 Å². The van der Waals surface area contributed by atoms with E-state index in [1.165, 1.54) is 21.8 Å². The Bertz CT molecular complexity index is 1130. The molecule has 0 fully saturated rings. The van der Waals surface area contributed by atoms with Crippen LogP contribution in [0.1, 0.15) is 12.0 Å². The predicted molar refractivity (Wildman–Crippen MR) is 119 cm³/mol. The number of nitrogens with zero attached hydrogens (tertiary/aromatic N) is 1. The van der Waals surface area contributed by atoms with Crippen molar-refractivity contribution in [3.63, 3.8) is 0 Å². The van der Waals surface area contributed by atoms with Crippen molar-refractivity contribution < 1.29 is 13.9 Å². The molecular weight excluding hydrogens is 404 g/mol. The summed E-state index contributed by atoms with van der Waals surface area (Å²) in [4.78, 5) is 17.9. The van der Waals surface area contributed by atoms with E-state index in [0.717, 1.165) is 11.1 Å². The quantitative estimate of drug-likeness (QED) is 0.369. The highest BCUT2D eigenvalue weighted by Crippen LogP contribution is 2.34. The molecule has 148 valence electrons. The number of anilines is 1. The van der Waals surface area contributed by atoms with Gasteiger partial charge >= 0.3 is 0 Å². The van der Waals surface area contributed by atoms with Crippen LogP contribution in [0.15, 0.2) is 63.2 Å². The zero-order chi connectivity index (χ0) is 20.2. The molecule has 7 heteroatoms. The lowest BCUT2D eigenvalue weighted by molar-refractivity contribution is -0.115. The van der Waals surface area contributed by atoms with E-state index in [0.29, 0.717) is 34.3 Å². The number of amides is 1. The van der Waals surface area contributed by atoms with E-state index >= 15 is 0 Å². The zero-order valence-electron chi connectivity index (χ0n) is 16.1. The van der Waals surface area contributed by atoms with Crippen LogP contribution in [-0.4, -0.2) is 23.8 Å². The van der Waals surface area contributed by atoms with Gasteiger partial charge in [-0.25, -0.2) is 4.98 Å². The Morgan fingerprint density at radius 1 is 1.24 bits per heavy atom. The number of ether oxygens (including phenoxy) is 1. The summed E-state index contributed by atoms with van der Waals surface area (Å²) in [5.74, 6) is 2.01. The summed E-state index contributed by atoms with van der Waals surface area (Å²) in [6, 6.07) is 16.0. The highest BCUT2D eigenvalue weighted by Gasteiger charge is 2.14. The van der Waals surface area contributed by atoms with Crippen LogP contribution in [0, 0.1) is 6.92 Å². The molecule has 0 aliphatic heterocycles. The Kier molecular flexibility index (Phi) is 5.87. The molecule has 0 aliphatic rings. The highest BCUT2D eigenvalue weighted by atomic mass is 32.2. The molecule has 0 radical (unpaired) electrons. The first-order valence-corrected chi connectivity index (χ1v) is 11.0. The fourth-order valence-corrected chi connectivity index (χ4v) is 4.41. The van der Waals surface area contributed by atoms with E-state index in [1.54, 1.807) is 18.9 Å². The van der Waals surface area contributed by atoms with Crippen LogP contribution in [-0.2, 0) is 4.79 Å². The number of para-hydroxylation sites is 1. The maximum Gasteiger partial charge on any atom is 0.226 e. The molecule has 0 bridgehead atoms. The lowest BCUT2D eigenvalue weighted by Crippen LogP contribution is -2.11. The number of nitrogens with one attached hydrogen (secondary N) is 1. The SMILES string of the molecule is COc1cccc2cc(-c3csc(NC(=O)CCSc4ccc(C)cc4)n3)oc12. The Balaban J connectivity index is 1.36. The van der Waals surface area contributed by atoms with Gasteiger partial charge in [0.05, 0.1) is 7.11 Å². The van der Waals surface area contributed by atoms with Gasteiger partial charge in [0.2, 0.25) is 5.91 Å². The van der Waals surface area contributed by atoms with Crippen molar-refractivity contribution in [1.29, 1.82) is 0 Å². The molecule has 0 atom stereocenters. The van der Waals surface area contributed by atoms with Crippen LogP contribution in [0.5, 0.6) is 5.75 Å². The smallest absolute Gasteiger partial charge is 0.226 e. The summed E-state index contributed by atoms with van der Waals surface area (Å²) in [5.41, 5.74) is 2.61. The van der Waals surface area contributed by atoms with Crippen LogP contribution in [0.25, 0.3) is 22.4 Å². The van der Waals surface area contributed by atoms with Crippen LogP contribution in [0.2, 0.25) is 0 Å². The second-order valence-corrected chi connectivity index (χ2v) is 8.51. The number of fused-ring (bicyclic) bond motifs is 1. The van der Waals surface area contributed by atoms with E-state index < -0.39 is 0 Å². The molecule has 0 unspecified atom stereocenters. The lowest BCUT2D eigenvalue weighted by atomic mass is 10.2. The Morgan fingerprint density at radius 3 is 2.86 bits per heavy atom. The average Bonchev–Trinajstić information content (AvgIpc) is 3.36. The fraction of sp³-hybridized carbons (Fsp3) is 0.182. The number of hydrogen-bond acceptors (Lipinski definition) is 6. The van der Waals surface area contributed by atoms with Gasteiger partial charge in [0, 0.05) is 27.8 Å². The van der Waals surface area contributed by atoms with Crippen molar-refractivity contribution in [3.05, 3.63) is 59.5 Å². The van der Waals surface area contributed by atoms with Crippen molar-refractivity contribution in [3.8, 4) is 17.2 Å². The van der Waals surface area contributed by atoms with Gasteiger partial charge in [-0.05, 0) is 31.2 Å². The highest BCUT2D eigenvalue weighted by molar-refractivity contribution is 7.99. The number of hydrogen-bond donors (Lipinski definition) is 1. The standard InChI is InChI=1S/C22H20N2O3S2/c1-14-6-8-16(9-7-14)28-11-10-20(25)24-22-23-17(13-29-22)19-12-15-4-3-5-18(26-2)21(15)27-19/h3-9,12-13H,10-11H2,1-2H3,(H,23,24,25). The first-order valence-electron chi connectivity index (χ1n) is 9.14. The van der Waals surface area contributed by atoms with Crippen molar-refractivity contribution in [2.75, 3.05) is 18.2 Å². The molecule has 2 aromatic carbocycles. The molecular formula is C22H20N2O3S2. The number of aromatic nitrogens is 1. The molecule has 0 saturated heterocycles. The predicted octanol–water partition coefficient (Wildman–Crippen LogP) is 5.99. The molecule has 0 spiro atoms. The second-order valence-electron chi connectivity index (χ2n) is 6.49. The van der Waals surface area contributed by atoms with E-state index in [-0.39, 0.29) is 5.91 Å². The number of rotatable bonds is 7. The summed E-state index contributed by atoms with van der Waals surface area (Å²) in [5, 5.41) is 6.27. The third-order valence-corrected chi connectivity index (χ3v) is 6.12. The number of thiazole rings is 1. The zero-order valence-corrected chi connectivity index (χ0v) is 17.7. The average molecular weight is 425 g/mol. The van der Waals surface area contributed by atoms with Gasteiger partial charge in [-0.3, -0.25) is 4.79 Å². The first-order chi connectivity index (χ1) is 14.1. The molecule has 0 saturated carbocycles. The molecule has 0 aliphatic carbocycles. The lowest BCUT2D eigenvalue weighted by Gasteiger charge is -2.03. The Labute approximate surface area is 177 Å². The largest absolute Gasteiger partial charge is 0.493 e. The minimum atomic E-state index is -0.0446. The maximum atomic E-state index is 12.2. The minimum absolute atomic E-state index is 0.0446. The van der Waals surface area contributed by atoms with E-state index in [2.05, 4.69) is 41.5 Å². The second kappa shape index (κ2) is 8.71. The third kappa shape index (κ3) is 4.63. The molecule has 1 amide bonds. The van der Waals surface area contributed by atoms with Gasteiger partial charge < -0.3 is 14.5 Å². The normalized spacial score (nSPS) is 11.0. The van der Waals surface area contributed by atoms with Gasteiger partial charge in [-0.2, -0.15) is 0 Å². The molecule has 4 rings (SSSR count). The molecule has 2 heterocycles. The number of aryl methyl sites for hydroxylation is 1. The fourth-order valence-electron chi connectivity index (χ4n) is 2.85. The summed E-state index contributed by atoms with van der Waals surface area (Å²) in [6.07, 6.45) is 0.426. The van der Waals surface area contributed by atoms with Crippen molar-refractivity contribution in [2.45, 2.75) is 18.2 Å². The summed E-state index contributed by atoms with van der Waals surface area (Å²) >= 11 is 3.05. The molecule has 4 aromatic rings. The van der Waals surface area contributed by atoms with E-state index in [1.807, 2.05) is 29.6 Å². The van der Waals surface area contributed by atoms with Crippen LogP contribution >= 0.6 is 23.1 Å². The van der Waals surface area contributed by atoms with E-state index in [4.69, 9.17) is 9.15 Å². The summed E-state index contributed by atoms with van der Waals surface area (Å²) in [6.45, 7) is 2.06.